The summed E-state index contributed by atoms with van der Waals surface area (Å²) in [5.41, 5.74) is 2.55. The second-order valence-corrected chi connectivity index (χ2v) is 8.70. The Morgan fingerprint density at radius 2 is 1.80 bits per heavy atom. The molecule has 0 radical (unpaired) electrons. The first-order valence-corrected chi connectivity index (χ1v) is 10.3. The number of amides is 1. The van der Waals surface area contributed by atoms with E-state index in [4.69, 9.17) is 0 Å². The smallest absolute Gasteiger partial charge is 0.293 e. The Hall–Kier alpha value is -2.00. The standard InChI is InChI=1S/C16H22N4O3S2/c1-5-7-14(21)17-15-18-19-16(24-15)25(22,23)20(6-2)13-9-11(3)8-12(4)10-13/h8-10H,5-7H2,1-4H3,(H,17,18,21). The molecule has 7 nitrogen and oxygen atoms in total. The van der Waals surface area contributed by atoms with Gasteiger partial charge in [-0.2, -0.15) is 8.42 Å². The van der Waals surface area contributed by atoms with Gasteiger partial charge < -0.3 is 5.32 Å². The number of hydrogen-bond donors (Lipinski definition) is 1. The van der Waals surface area contributed by atoms with Gasteiger partial charge in [-0.25, -0.2) is 0 Å². The SMILES string of the molecule is CCCC(=O)Nc1nnc(S(=O)(=O)N(CC)c2cc(C)cc(C)c2)s1. The van der Waals surface area contributed by atoms with E-state index in [1.807, 2.05) is 39.0 Å². The van der Waals surface area contributed by atoms with Gasteiger partial charge in [0.15, 0.2) is 0 Å². The van der Waals surface area contributed by atoms with Crippen molar-refractivity contribution in [2.24, 2.45) is 0 Å². The first-order chi connectivity index (χ1) is 11.8. The van der Waals surface area contributed by atoms with Gasteiger partial charge in [-0.3, -0.25) is 9.10 Å². The number of sulfonamides is 1. The zero-order chi connectivity index (χ0) is 18.6. The molecule has 0 saturated carbocycles. The molecule has 0 unspecified atom stereocenters. The number of benzene rings is 1. The minimum absolute atomic E-state index is 0.139. The van der Waals surface area contributed by atoms with Crippen molar-refractivity contribution in [1.29, 1.82) is 0 Å². The molecule has 1 aromatic carbocycles. The summed E-state index contributed by atoms with van der Waals surface area (Å²) in [5, 5.41) is 10.3. The van der Waals surface area contributed by atoms with Crippen LogP contribution in [-0.2, 0) is 14.8 Å². The molecule has 0 atom stereocenters. The lowest BCUT2D eigenvalue weighted by atomic mass is 10.1. The van der Waals surface area contributed by atoms with Crippen molar-refractivity contribution in [3.63, 3.8) is 0 Å². The summed E-state index contributed by atoms with van der Waals surface area (Å²) < 4.78 is 27.0. The maximum Gasteiger partial charge on any atom is 0.293 e. The quantitative estimate of drug-likeness (QED) is 0.743. The van der Waals surface area contributed by atoms with Gasteiger partial charge in [0.25, 0.3) is 14.4 Å². The first kappa shape index (κ1) is 19.3. The monoisotopic (exact) mass is 382 g/mol. The highest BCUT2D eigenvalue weighted by Gasteiger charge is 2.28. The van der Waals surface area contributed by atoms with Crippen LogP contribution >= 0.6 is 11.3 Å². The summed E-state index contributed by atoms with van der Waals surface area (Å²) in [4.78, 5) is 11.6. The van der Waals surface area contributed by atoms with E-state index in [1.54, 1.807) is 6.92 Å². The number of nitrogens with one attached hydrogen (secondary N) is 1. The maximum atomic E-state index is 12.9. The molecule has 0 saturated heterocycles. The number of anilines is 2. The highest BCUT2D eigenvalue weighted by atomic mass is 32.2. The Morgan fingerprint density at radius 1 is 1.16 bits per heavy atom. The fourth-order valence-electron chi connectivity index (χ4n) is 2.45. The molecule has 1 aromatic heterocycles. The summed E-state index contributed by atoms with van der Waals surface area (Å²) in [6.07, 6.45) is 1.05. The van der Waals surface area contributed by atoms with Crippen LogP contribution in [0.3, 0.4) is 0 Å². The van der Waals surface area contributed by atoms with Gasteiger partial charge in [0.2, 0.25) is 11.0 Å². The third-order valence-electron chi connectivity index (χ3n) is 3.42. The topological polar surface area (TPSA) is 92.3 Å². The van der Waals surface area contributed by atoms with E-state index in [1.165, 1.54) is 4.31 Å². The van der Waals surface area contributed by atoms with Gasteiger partial charge in [0.05, 0.1) is 5.69 Å². The van der Waals surface area contributed by atoms with E-state index in [2.05, 4.69) is 15.5 Å². The second-order valence-electron chi connectivity index (χ2n) is 5.69. The van der Waals surface area contributed by atoms with Crippen molar-refractivity contribution in [2.45, 2.75) is 44.9 Å². The summed E-state index contributed by atoms with van der Waals surface area (Å²) in [6.45, 7) is 7.76. The Kier molecular flexibility index (Phi) is 6.12. The lowest BCUT2D eigenvalue weighted by Crippen LogP contribution is -2.30. The number of aromatic nitrogens is 2. The van der Waals surface area contributed by atoms with Crippen molar-refractivity contribution in [3.8, 4) is 0 Å². The van der Waals surface area contributed by atoms with Gasteiger partial charge in [-0.1, -0.05) is 24.3 Å². The summed E-state index contributed by atoms with van der Waals surface area (Å²) in [7, 11) is -3.84. The predicted molar refractivity (Wildman–Crippen MR) is 99.6 cm³/mol. The molecular formula is C16H22N4O3S2. The van der Waals surface area contributed by atoms with Crippen LogP contribution in [0, 0.1) is 13.8 Å². The Balaban J connectivity index is 2.32. The maximum absolute atomic E-state index is 12.9. The highest BCUT2D eigenvalue weighted by molar-refractivity contribution is 7.94. The van der Waals surface area contributed by atoms with Gasteiger partial charge in [0.1, 0.15) is 0 Å². The van der Waals surface area contributed by atoms with E-state index in [-0.39, 0.29) is 21.9 Å². The molecule has 9 heteroatoms. The lowest BCUT2D eigenvalue weighted by molar-refractivity contribution is -0.116. The molecule has 1 amide bonds. The molecule has 136 valence electrons. The zero-order valence-corrected chi connectivity index (χ0v) is 16.4. The number of hydrogen-bond acceptors (Lipinski definition) is 6. The number of carbonyl (C=O) groups is 1. The van der Waals surface area contributed by atoms with Gasteiger partial charge >= 0.3 is 0 Å². The van der Waals surface area contributed by atoms with Crippen molar-refractivity contribution in [1.82, 2.24) is 10.2 Å². The largest absolute Gasteiger partial charge is 0.301 e. The Labute approximate surface area is 152 Å². The van der Waals surface area contributed by atoms with Crippen LogP contribution in [0.2, 0.25) is 0 Å². The molecule has 0 aliphatic rings. The average Bonchev–Trinajstić information content (AvgIpc) is 2.96. The van der Waals surface area contributed by atoms with Crippen molar-refractivity contribution >= 4 is 38.1 Å². The molecule has 25 heavy (non-hydrogen) atoms. The average molecular weight is 383 g/mol. The number of carbonyl (C=O) groups excluding carboxylic acids is 1. The molecule has 0 fully saturated rings. The third kappa shape index (κ3) is 4.55. The zero-order valence-electron chi connectivity index (χ0n) is 14.7. The van der Waals surface area contributed by atoms with E-state index in [0.29, 0.717) is 18.5 Å². The fourth-order valence-corrected chi connectivity index (χ4v) is 4.93. The summed E-state index contributed by atoms with van der Waals surface area (Å²) in [5.74, 6) is -0.204. The van der Waals surface area contributed by atoms with Crippen molar-refractivity contribution in [3.05, 3.63) is 29.3 Å². The van der Waals surface area contributed by atoms with Crippen molar-refractivity contribution in [2.75, 3.05) is 16.2 Å². The first-order valence-electron chi connectivity index (χ1n) is 8.02. The molecule has 2 aromatic rings. The van der Waals surface area contributed by atoms with Crippen LogP contribution in [0.5, 0.6) is 0 Å². The lowest BCUT2D eigenvalue weighted by Gasteiger charge is -2.22. The fraction of sp³-hybridized carbons (Fsp3) is 0.438. The normalized spacial score (nSPS) is 11.4. The summed E-state index contributed by atoms with van der Waals surface area (Å²) >= 11 is 0.857. The van der Waals surface area contributed by atoms with Gasteiger partial charge in [-0.15, -0.1) is 10.2 Å². The van der Waals surface area contributed by atoms with E-state index in [0.717, 1.165) is 22.5 Å². The van der Waals surface area contributed by atoms with E-state index < -0.39 is 10.0 Å². The molecule has 0 aliphatic heterocycles. The van der Waals surface area contributed by atoms with Crippen LogP contribution in [0.4, 0.5) is 10.8 Å². The van der Waals surface area contributed by atoms with E-state index in [9.17, 15) is 13.2 Å². The molecule has 0 bridgehead atoms. The molecule has 2 rings (SSSR count). The van der Waals surface area contributed by atoms with E-state index >= 15 is 0 Å². The van der Waals surface area contributed by atoms with Crippen LogP contribution in [0.15, 0.2) is 22.5 Å². The van der Waals surface area contributed by atoms with Gasteiger partial charge in [-0.05, 0) is 50.5 Å². The Morgan fingerprint density at radius 3 is 2.36 bits per heavy atom. The molecular weight excluding hydrogens is 360 g/mol. The number of rotatable bonds is 7. The molecule has 0 aliphatic carbocycles. The molecule has 0 spiro atoms. The Bertz CT molecular complexity index is 842. The third-order valence-corrected chi connectivity index (χ3v) is 6.51. The molecule has 1 N–H and O–H groups in total. The van der Waals surface area contributed by atoms with Crippen LogP contribution < -0.4 is 9.62 Å². The number of aryl methyl sites for hydroxylation is 2. The second kappa shape index (κ2) is 7.92. The minimum Gasteiger partial charge on any atom is -0.301 e. The predicted octanol–water partition coefficient (Wildman–Crippen LogP) is 3.11. The molecule has 1 heterocycles. The number of nitrogens with zero attached hydrogens (tertiary/aromatic N) is 3. The van der Waals surface area contributed by atoms with Crippen molar-refractivity contribution < 1.29 is 13.2 Å². The van der Waals surface area contributed by atoms with Crippen LogP contribution in [-0.4, -0.2) is 31.1 Å². The van der Waals surface area contributed by atoms with Gasteiger partial charge in [0, 0.05) is 13.0 Å². The van der Waals surface area contributed by atoms with Crippen LogP contribution in [0.1, 0.15) is 37.8 Å². The summed E-state index contributed by atoms with van der Waals surface area (Å²) in [6, 6.07) is 5.62. The van der Waals surface area contributed by atoms with Crippen LogP contribution in [0.25, 0.3) is 0 Å². The minimum atomic E-state index is -3.84. The highest BCUT2D eigenvalue weighted by Crippen LogP contribution is 2.28.